The summed E-state index contributed by atoms with van der Waals surface area (Å²) in [5.41, 5.74) is 1.52. The molecule has 0 spiro atoms. The SMILES string of the molecule is Cc1c(C(=O)CBr)ccnc1C#N. The van der Waals surface area contributed by atoms with Crippen LogP contribution in [0.1, 0.15) is 21.6 Å². The number of pyridine rings is 1. The zero-order chi connectivity index (χ0) is 9.84. The molecule has 0 aromatic carbocycles. The van der Waals surface area contributed by atoms with Gasteiger partial charge in [0.25, 0.3) is 0 Å². The molecule has 0 aliphatic rings. The van der Waals surface area contributed by atoms with Crippen molar-refractivity contribution in [3.05, 3.63) is 29.1 Å². The molecule has 13 heavy (non-hydrogen) atoms. The standard InChI is InChI=1S/C9H7BrN2O/c1-6-7(9(13)4-10)2-3-12-8(6)5-11/h2-3H,4H2,1H3. The molecule has 0 aliphatic carbocycles. The summed E-state index contributed by atoms with van der Waals surface area (Å²) < 4.78 is 0. The maximum atomic E-state index is 11.3. The van der Waals surface area contributed by atoms with Gasteiger partial charge in [-0.15, -0.1) is 0 Å². The molecule has 4 heteroatoms. The van der Waals surface area contributed by atoms with E-state index in [1.165, 1.54) is 6.20 Å². The number of alkyl halides is 1. The molecule has 0 radical (unpaired) electrons. The summed E-state index contributed by atoms with van der Waals surface area (Å²) in [6, 6.07) is 3.56. The van der Waals surface area contributed by atoms with Crippen molar-refractivity contribution < 1.29 is 4.79 Å². The minimum atomic E-state index is -0.0311. The van der Waals surface area contributed by atoms with Crippen molar-refractivity contribution >= 4 is 21.7 Å². The highest BCUT2D eigenvalue weighted by atomic mass is 79.9. The Balaban J connectivity index is 3.25. The van der Waals surface area contributed by atoms with Crippen molar-refractivity contribution in [1.29, 1.82) is 5.26 Å². The molecule has 0 amide bonds. The van der Waals surface area contributed by atoms with Crippen LogP contribution < -0.4 is 0 Å². The molecule has 0 N–H and O–H groups in total. The van der Waals surface area contributed by atoms with Gasteiger partial charge in [0.05, 0.1) is 5.33 Å². The summed E-state index contributed by atoms with van der Waals surface area (Å²) in [5, 5.41) is 8.93. The lowest BCUT2D eigenvalue weighted by Crippen LogP contribution is -2.05. The van der Waals surface area contributed by atoms with Crippen molar-refractivity contribution in [1.82, 2.24) is 4.98 Å². The first-order chi connectivity index (χ1) is 6.20. The van der Waals surface area contributed by atoms with Gasteiger partial charge in [0.2, 0.25) is 0 Å². The molecule has 1 rings (SSSR count). The van der Waals surface area contributed by atoms with Crippen molar-refractivity contribution in [3.8, 4) is 6.07 Å². The number of rotatable bonds is 2. The van der Waals surface area contributed by atoms with Gasteiger partial charge in [-0.3, -0.25) is 4.79 Å². The van der Waals surface area contributed by atoms with Crippen molar-refractivity contribution in [2.24, 2.45) is 0 Å². The van der Waals surface area contributed by atoms with Crippen molar-refractivity contribution in [2.45, 2.75) is 6.92 Å². The third-order valence-electron chi connectivity index (χ3n) is 1.73. The van der Waals surface area contributed by atoms with Crippen LogP contribution in [-0.4, -0.2) is 16.1 Å². The minimum Gasteiger partial charge on any atom is -0.293 e. The van der Waals surface area contributed by atoms with E-state index >= 15 is 0 Å². The molecule has 0 saturated heterocycles. The summed E-state index contributed by atoms with van der Waals surface area (Å²) in [4.78, 5) is 15.2. The van der Waals surface area contributed by atoms with E-state index in [1.807, 2.05) is 6.07 Å². The fourth-order valence-corrected chi connectivity index (χ4v) is 1.32. The van der Waals surface area contributed by atoms with Crippen LogP contribution >= 0.6 is 15.9 Å². The topological polar surface area (TPSA) is 53.8 Å². The van der Waals surface area contributed by atoms with Crippen LogP contribution in [0, 0.1) is 18.3 Å². The van der Waals surface area contributed by atoms with E-state index in [0.29, 0.717) is 16.8 Å². The number of nitrogens with zero attached hydrogens (tertiary/aromatic N) is 2. The first-order valence-corrected chi connectivity index (χ1v) is 4.77. The zero-order valence-corrected chi connectivity index (χ0v) is 8.63. The molecule has 1 aromatic rings. The Labute approximate surface area is 84.5 Å². The number of hydrogen-bond donors (Lipinski definition) is 0. The first kappa shape index (κ1) is 9.87. The van der Waals surface area contributed by atoms with E-state index in [0.717, 1.165) is 0 Å². The molecular weight excluding hydrogens is 232 g/mol. The molecule has 66 valence electrons. The van der Waals surface area contributed by atoms with Gasteiger partial charge in [-0.1, -0.05) is 15.9 Å². The van der Waals surface area contributed by atoms with Gasteiger partial charge in [-0.25, -0.2) is 4.98 Å². The third-order valence-corrected chi connectivity index (χ3v) is 2.24. The lowest BCUT2D eigenvalue weighted by Gasteiger charge is -2.02. The predicted molar refractivity (Wildman–Crippen MR) is 51.8 cm³/mol. The van der Waals surface area contributed by atoms with Gasteiger partial charge in [-0.2, -0.15) is 5.26 Å². The third kappa shape index (κ3) is 1.93. The Kier molecular flexibility index (Phi) is 3.15. The number of carbonyl (C=O) groups is 1. The Morgan fingerprint density at radius 2 is 2.46 bits per heavy atom. The second kappa shape index (κ2) is 4.15. The van der Waals surface area contributed by atoms with Gasteiger partial charge in [-0.05, 0) is 18.6 Å². The highest BCUT2D eigenvalue weighted by molar-refractivity contribution is 9.09. The van der Waals surface area contributed by atoms with Gasteiger partial charge < -0.3 is 0 Å². The highest BCUT2D eigenvalue weighted by Crippen LogP contribution is 2.11. The zero-order valence-electron chi connectivity index (χ0n) is 7.04. The average molecular weight is 239 g/mol. The molecule has 1 aromatic heterocycles. The normalized spacial score (nSPS) is 9.31. The number of carbonyl (C=O) groups excluding carboxylic acids is 1. The van der Waals surface area contributed by atoms with E-state index in [1.54, 1.807) is 13.0 Å². The Morgan fingerprint density at radius 1 is 1.77 bits per heavy atom. The van der Waals surface area contributed by atoms with E-state index < -0.39 is 0 Å². The second-order valence-corrected chi connectivity index (χ2v) is 3.06. The van der Waals surface area contributed by atoms with Gasteiger partial charge in [0.1, 0.15) is 11.8 Å². The summed E-state index contributed by atoms with van der Waals surface area (Å²) in [5.74, 6) is -0.0311. The fourth-order valence-electron chi connectivity index (χ4n) is 1.02. The van der Waals surface area contributed by atoms with Gasteiger partial charge >= 0.3 is 0 Å². The number of aromatic nitrogens is 1. The molecular formula is C9H7BrN2O. The smallest absolute Gasteiger partial charge is 0.173 e. The van der Waals surface area contributed by atoms with Crippen LogP contribution in [0.2, 0.25) is 0 Å². The first-order valence-electron chi connectivity index (χ1n) is 3.65. The Hall–Kier alpha value is -1.21. The summed E-state index contributed by atoms with van der Waals surface area (Å²) in [6.07, 6.45) is 1.47. The number of halogens is 1. The average Bonchev–Trinajstić information content (AvgIpc) is 2.17. The van der Waals surface area contributed by atoms with Crippen LogP contribution in [0.5, 0.6) is 0 Å². The quantitative estimate of drug-likeness (QED) is 0.584. The van der Waals surface area contributed by atoms with Crippen LogP contribution in [0.25, 0.3) is 0 Å². The van der Waals surface area contributed by atoms with Gasteiger partial charge in [0, 0.05) is 11.8 Å². The van der Waals surface area contributed by atoms with Gasteiger partial charge in [0.15, 0.2) is 5.78 Å². The monoisotopic (exact) mass is 238 g/mol. The van der Waals surface area contributed by atoms with E-state index in [2.05, 4.69) is 20.9 Å². The number of ketones is 1. The molecule has 0 unspecified atom stereocenters. The van der Waals surface area contributed by atoms with Crippen molar-refractivity contribution in [2.75, 3.05) is 5.33 Å². The van der Waals surface area contributed by atoms with Crippen LogP contribution in [0.15, 0.2) is 12.3 Å². The van der Waals surface area contributed by atoms with E-state index in [-0.39, 0.29) is 11.1 Å². The predicted octanol–water partition coefficient (Wildman–Crippen LogP) is 1.84. The molecule has 1 heterocycles. The Morgan fingerprint density at radius 3 is 3.00 bits per heavy atom. The maximum absolute atomic E-state index is 11.3. The lowest BCUT2D eigenvalue weighted by molar-refractivity contribution is 0.102. The molecule has 0 fully saturated rings. The molecule has 0 bridgehead atoms. The summed E-state index contributed by atoms with van der Waals surface area (Å²) >= 11 is 3.08. The fraction of sp³-hybridized carbons (Fsp3) is 0.222. The molecule has 3 nitrogen and oxygen atoms in total. The van der Waals surface area contributed by atoms with E-state index in [9.17, 15) is 4.79 Å². The van der Waals surface area contributed by atoms with E-state index in [4.69, 9.17) is 5.26 Å². The molecule has 0 aliphatic heterocycles. The lowest BCUT2D eigenvalue weighted by atomic mass is 10.1. The van der Waals surface area contributed by atoms with Crippen molar-refractivity contribution in [3.63, 3.8) is 0 Å². The van der Waals surface area contributed by atoms with Crippen LogP contribution in [-0.2, 0) is 0 Å². The number of Topliss-reactive ketones (excluding diaryl/α,β-unsaturated/α-hetero) is 1. The maximum Gasteiger partial charge on any atom is 0.173 e. The van der Waals surface area contributed by atoms with Crippen LogP contribution in [0.3, 0.4) is 0 Å². The number of hydrogen-bond acceptors (Lipinski definition) is 3. The summed E-state index contributed by atoms with van der Waals surface area (Å²) in [6.45, 7) is 1.72. The minimum absolute atomic E-state index is 0.0311. The largest absolute Gasteiger partial charge is 0.293 e. The second-order valence-electron chi connectivity index (χ2n) is 2.50. The molecule has 0 saturated carbocycles. The Bertz CT molecular complexity index is 382. The number of nitriles is 1. The summed E-state index contributed by atoms with van der Waals surface area (Å²) in [7, 11) is 0. The van der Waals surface area contributed by atoms with Crippen LogP contribution in [0.4, 0.5) is 0 Å². The highest BCUT2D eigenvalue weighted by Gasteiger charge is 2.10. The molecule has 0 atom stereocenters.